The van der Waals surface area contributed by atoms with Crippen molar-refractivity contribution < 1.29 is 9.59 Å². The molecule has 1 aromatic heterocycles. The first-order valence-electron chi connectivity index (χ1n) is 9.72. The van der Waals surface area contributed by atoms with Crippen molar-refractivity contribution in [3.8, 4) is 0 Å². The number of nitrogens with two attached hydrogens (primary N) is 1. The molecule has 1 unspecified atom stereocenters. The molecule has 2 aromatic rings. The summed E-state index contributed by atoms with van der Waals surface area (Å²) in [7, 11) is 1.62. The van der Waals surface area contributed by atoms with E-state index in [4.69, 9.17) is 5.73 Å². The van der Waals surface area contributed by atoms with E-state index in [0.29, 0.717) is 5.69 Å². The Bertz CT molecular complexity index is 999. The van der Waals surface area contributed by atoms with Crippen LogP contribution >= 0.6 is 0 Å². The molecule has 0 spiro atoms. The number of aliphatic imine (C=N–C) groups is 1. The van der Waals surface area contributed by atoms with Crippen LogP contribution in [0.25, 0.3) is 0 Å². The lowest BCUT2D eigenvalue weighted by atomic mass is 9.86. The monoisotopic (exact) mass is 395 g/mol. The predicted molar refractivity (Wildman–Crippen MR) is 113 cm³/mol. The molecule has 0 aliphatic carbocycles. The van der Waals surface area contributed by atoms with Crippen LogP contribution in [-0.2, 0) is 22.3 Å². The summed E-state index contributed by atoms with van der Waals surface area (Å²) in [6.45, 7) is 9.86. The standard InChI is InChI=1S/C22H29N5O2/c1-14-10-17(27(25-14)21(2,3)4)18(28)12-15-8-7-9-16(11-15)22(5)13-19(29)26(6)20(23)24-22/h7-11H,12-13H2,1-6H3,(H2,23,24). The minimum absolute atomic E-state index is 0.00490. The van der Waals surface area contributed by atoms with Crippen LogP contribution < -0.4 is 5.73 Å². The van der Waals surface area contributed by atoms with Gasteiger partial charge in [-0.3, -0.25) is 19.2 Å². The van der Waals surface area contributed by atoms with Crippen molar-refractivity contribution >= 4 is 17.6 Å². The number of aryl methyl sites for hydroxylation is 1. The highest BCUT2D eigenvalue weighted by Crippen LogP contribution is 2.33. The molecule has 2 heterocycles. The van der Waals surface area contributed by atoms with Crippen LogP contribution in [0.3, 0.4) is 0 Å². The molecule has 1 atom stereocenters. The molecule has 1 aliphatic rings. The number of carbonyl (C=O) groups is 2. The van der Waals surface area contributed by atoms with Crippen LogP contribution in [0.1, 0.15) is 61.4 Å². The largest absolute Gasteiger partial charge is 0.369 e. The summed E-state index contributed by atoms with van der Waals surface area (Å²) < 4.78 is 1.79. The number of benzene rings is 1. The van der Waals surface area contributed by atoms with Crippen LogP contribution in [0.5, 0.6) is 0 Å². The first-order chi connectivity index (χ1) is 13.4. The summed E-state index contributed by atoms with van der Waals surface area (Å²) >= 11 is 0. The number of carbonyl (C=O) groups excluding carboxylic acids is 2. The minimum atomic E-state index is -0.740. The summed E-state index contributed by atoms with van der Waals surface area (Å²) in [4.78, 5) is 31.2. The number of guanidine groups is 1. The number of aromatic nitrogens is 2. The van der Waals surface area contributed by atoms with Crippen molar-refractivity contribution in [1.29, 1.82) is 0 Å². The summed E-state index contributed by atoms with van der Waals surface area (Å²) in [5.74, 6) is 0.131. The summed E-state index contributed by atoms with van der Waals surface area (Å²) in [6.07, 6.45) is 0.482. The highest BCUT2D eigenvalue weighted by molar-refractivity contribution is 5.99. The Morgan fingerprint density at radius 3 is 2.59 bits per heavy atom. The van der Waals surface area contributed by atoms with Crippen LogP contribution in [0.2, 0.25) is 0 Å². The Balaban J connectivity index is 1.90. The highest BCUT2D eigenvalue weighted by Gasteiger charge is 2.36. The van der Waals surface area contributed by atoms with Crippen molar-refractivity contribution in [2.24, 2.45) is 10.7 Å². The van der Waals surface area contributed by atoms with E-state index >= 15 is 0 Å². The number of amides is 1. The molecule has 1 amide bonds. The fraction of sp³-hybridized carbons (Fsp3) is 0.455. The van der Waals surface area contributed by atoms with Gasteiger partial charge in [0, 0.05) is 13.5 Å². The van der Waals surface area contributed by atoms with Gasteiger partial charge in [-0.15, -0.1) is 0 Å². The van der Waals surface area contributed by atoms with E-state index in [2.05, 4.69) is 10.1 Å². The second kappa shape index (κ2) is 7.13. The van der Waals surface area contributed by atoms with E-state index in [1.807, 2.05) is 65.0 Å². The number of rotatable bonds is 4. The van der Waals surface area contributed by atoms with Gasteiger partial charge in [-0.05, 0) is 51.8 Å². The number of hydrogen-bond donors (Lipinski definition) is 1. The number of Topliss-reactive ketones (excluding diaryl/α,β-unsaturated/α-hetero) is 1. The average molecular weight is 396 g/mol. The molecule has 7 heteroatoms. The molecule has 7 nitrogen and oxygen atoms in total. The van der Waals surface area contributed by atoms with Gasteiger partial charge in [0.1, 0.15) is 5.69 Å². The molecule has 0 radical (unpaired) electrons. The van der Waals surface area contributed by atoms with Gasteiger partial charge in [-0.25, -0.2) is 4.99 Å². The Hall–Kier alpha value is -2.96. The van der Waals surface area contributed by atoms with Gasteiger partial charge in [0.25, 0.3) is 0 Å². The molecule has 1 aromatic carbocycles. The second-order valence-electron chi connectivity index (χ2n) is 8.93. The molecule has 0 saturated carbocycles. The fourth-order valence-corrected chi connectivity index (χ4v) is 3.58. The molecule has 0 bridgehead atoms. The van der Waals surface area contributed by atoms with Gasteiger partial charge in [0.2, 0.25) is 5.91 Å². The number of hydrogen-bond acceptors (Lipinski definition) is 5. The van der Waals surface area contributed by atoms with Gasteiger partial charge in [-0.2, -0.15) is 5.10 Å². The maximum Gasteiger partial charge on any atom is 0.231 e. The highest BCUT2D eigenvalue weighted by atomic mass is 16.2. The van der Waals surface area contributed by atoms with Gasteiger partial charge in [0.05, 0.1) is 23.2 Å². The second-order valence-corrected chi connectivity index (χ2v) is 8.93. The molecule has 2 N–H and O–H groups in total. The Morgan fingerprint density at radius 1 is 1.28 bits per heavy atom. The fourth-order valence-electron chi connectivity index (χ4n) is 3.58. The summed E-state index contributed by atoms with van der Waals surface area (Å²) in [5, 5.41) is 4.49. The van der Waals surface area contributed by atoms with Crippen molar-refractivity contribution in [3.05, 3.63) is 52.8 Å². The maximum atomic E-state index is 13.0. The third-order valence-electron chi connectivity index (χ3n) is 5.24. The molecule has 0 saturated heterocycles. The smallest absolute Gasteiger partial charge is 0.231 e. The Morgan fingerprint density at radius 2 is 1.97 bits per heavy atom. The number of ketones is 1. The third kappa shape index (κ3) is 4.09. The zero-order valence-electron chi connectivity index (χ0n) is 18.0. The quantitative estimate of drug-likeness (QED) is 0.806. The van der Waals surface area contributed by atoms with Crippen LogP contribution in [0, 0.1) is 6.92 Å². The summed E-state index contributed by atoms with van der Waals surface area (Å²) in [6, 6.07) is 9.51. The van der Waals surface area contributed by atoms with Crippen molar-refractivity contribution in [2.45, 2.75) is 58.5 Å². The molecule has 1 aliphatic heterocycles. The lowest BCUT2D eigenvalue weighted by molar-refractivity contribution is -0.128. The summed E-state index contributed by atoms with van der Waals surface area (Å²) in [5.41, 5.74) is 8.06. The van der Waals surface area contributed by atoms with E-state index in [-0.39, 0.29) is 36.0 Å². The minimum Gasteiger partial charge on any atom is -0.369 e. The average Bonchev–Trinajstić information content (AvgIpc) is 3.02. The topological polar surface area (TPSA) is 93.6 Å². The maximum absolute atomic E-state index is 13.0. The van der Waals surface area contributed by atoms with Gasteiger partial charge in [0.15, 0.2) is 11.7 Å². The Labute approximate surface area is 171 Å². The van der Waals surface area contributed by atoms with Gasteiger partial charge in [-0.1, -0.05) is 24.3 Å². The third-order valence-corrected chi connectivity index (χ3v) is 5.24. The predicted octanol–water partition coefficient (Wildman–Crippen LogP) is 2.76. The van der Waals surface area contributed by atoms with Gasteiger partial charge < -0.3 is 5.73 Å². The zero-order valence-corrected chi connectivity index (χ0v) is 18.0. The molecule has 154 valence electrons. The van der Waals surface area contributed by atoms with Crippen molar-refractivity contribution in [3.63, 3.8) is 0 Å². The molecular formula is C22H29N5O2. The lowest BCUT2D eigenvalue weighted by Crippen LogP contribution is -2.47. The normalized spacial score (nSPS) is 20.0. The Kier molecular flexibility index (Phi) is 5.11. The number of nitrogens with zero attached hydrogens (tertiary/aromatic N) is 4. The van der Waals surface area contributed by atoms with Crippen molar-refractivity contribution in [1.82, 2.24) is 14.7 Å². The van der Waals surface area contributed by atoms with E-state index < -0.39 is 5.54 Å². The molecule has 0 fully saturated rings. The van der Waals surface area contributed by atoms with Crippen LogP contribution in [0.4, 0.5) is 0 Å². The SMILES string of the molecule is Cc1cc(C(=O)Cc2cccc(C3(C)CC(=O)N(C)C(N)=N3)c2)n(C(C)(C)C)n1. The zero-order chi connectivity index (χ0) is 21.6. The van der Waals surface area contributed by atoms with Crippen molar-refractivity contribution in [2.75, 3.05) is 7.05 Å². The molecular weight excluding hydrogens is 366 g/mol. The van der Waals surface area contributed by atoms with E-state index in [1.165, 1.54) is 4.90 Å². The van der Waals surface area contributed by atoms with E-state index in [9.17, 15) is 9.59 Å². The molecule has 3 rings (SSSR count). The lowest BCUT2D eigenvalue weighted by Gasteiger charge is -2.33. The first-order valence-corrected chi connectivity index (χ1v) is 9.72. The first kappa shape index (κ1) is 20.8. The van der Waals surface area contributed by atoms with Crippen LogP contribution in [0.15, 0.2) is 35.3 Å². The van der Waals surface area contributed by atoms with E-state index in [1.54, 1.807) is 11.7 Å². The van der Waals surface area contributed by atoms with Gasteiger partial charge >= 0.3 is 0 Å². The van der Waals surface area contributed by atoms with E-state index in [0.717, 1.165) is 16.8 Å². The van der Waals surface area contributed by atoms with Crippen LogP contribution in [-0.4, -0.2) is 39.4 Å². The molecule has 29 heavy (non-hydrogen) atoms.